The SMILES string of the molecule is CCN1CC[C@@]2(CN(Cc3cccnc3)CC23CCN(CC2CCOCC2)CC3)C1=O. The molecule has 4 aliphatic heterocycles. The molecule has 0 bridgehead atoms. The van der Waals surface area contributed by atoms with Crippen LogP contribution >= 0.6 is 0 Å². The van der Waals surface area contributed by atoms with Gasteiger partial charge in [0.25, 0.3) is 0 Å². The molecule has 6 nitrogen and oxygen atoms in total. The average Bonchev–Trinajstić information content (AvgIpc) is 3.28. The molecule has 0 saturated carbocycles. The highest BCUT2D eigenvalue weighted by Crippen LogP contribution is 2.58. The van der Waals surface area contributed by atoms with Gasteiger partial charge in [0.1, 0.15) is 0 Å². The van der Waals surface area contributed by atoms with Crippen molar-refractivity contribution in [3.8, 4) is 0 Å². The number of hydrogen-bond donors (Lipinski definition) is 0. The van der Waals surface area contributed by atoms with Crippen LogP contribution in [0.1, 0.15) is 44.6 Å². The Hall–Kier alpha value is -1.50. The van der Waals surface area contributed by atoms with E-state index in [1.807, 2.05) is 18.5 Å². The largest absolute Gasteiger partial charge is 0.381 e. The molecule has 4 saturated heterocycles. The minimum Gasteiger partial charge on any atom is -0.381 e. The summed E-state index contributed by atoms with van der Waals surface area (Å²) >= 11 is 0. The summed E-state index contributed by atoms with van der Waals surface area (Å²) in [6.07, 6.45) is 9.56. The molecule has 4 aliphatic rings. The minimum atomic E-state index is -0.185. The quantitative estimate of drug-likeness (QED) is 0.725. The molecule has 0 radical (unpaired) electrons. The molecule has 5 heterocycles. The van der Waals surface area contributed by atoms with Gasteiger partial charge in [-0.1, -0.05) is 6.07 Å². The maximum absolute atomic E-state index is 13.7. The topological polar surface area (TPSA) is 48.9 Å². The molecule has 1 aromatic rings. The van der Waals surface area contributed by atoms with Crippen molar-refractivity contribution in [3.05, 3.63) is 30.1 Å². The summed E-state index contributed by atoms with van der Waals surface area (Å²) < 4.78 is 5.55. The molecule has 31 heavy (non-hydrogen) atoms. The Kier molecular flexibility index (Phi) is 6.06. The van der Waals surface area contributed by atoms with E-state index in [1.54, 1.807) is 0 Å². The van der Waals surface area contributed by atoms with Crippen molar-refractivity contribution in [2.75, 3.05) is 59.0 Å². The zero-order valence-corrected chi connectivity index (χ0v) is 19.1. The van der Waals surface area contributed by atoms with E-state index in [-0.39, 0.29) is 10.8 Å². The van der Waals surface area contributed by atoms with E-state index < -0.39 is 0 Å². The van der Waals surface area contributed by atoms with Gasteiger partial charge in [-0.2, -0.15) is 0 Å². The van der Waals surface area contributed by atoms with Crippen LogP contribution in [0.25, 0.3) is 0 Å². The zero-order valence-electron chi connectivity index (χ0n) is 19.1. The van der Waals surface area contributed by atoms with Crippen LogP contribution in [0.4, 0.5) is 0 Å². The van der Waals surface area contributed by atoms with E-state index in [2.05, 4.69) is 32.7 Å². The van der Waals surface area contributed by atoms with Gasteiger partial charge in [0, 0.05) is 70.3 Å². The van der Waals surface area contributed by atoms with Gasteiger partial charge < -0.3 is 14.5 Å². The first-order valence-electron chi connectivity index (χ1n) is 12.3. The van der Waals surface area contributed by atoms with Crippen LogP contribution in [0, 0.1) is 16.7 Å². The summed E-state index contributed by atoms with van der Waals surface area (Å²) in [7, 11) is 0. The Bertz CT molecular complexity index is 758. The summed E-state index contributed by atoms with van der Waals surface area (Å²) in [4.78, 5) is 25.3. The molecular weight excluding hydrogens is 388 g/mol. The molecule has 6 heteroatoms. The molecule has 0 aromatic carbocycles. The Morgan fingerprint density at radius 3 is 2.58 bits per heavy atom. The summed E-state index contributed by atoms with van der Waals surface area (Å²) in [5.41, 5.74) is 1.20. The Morgan fingerprint density at radius 2 is 1.90 bits per heavy atom. The number of amides is 1. The fourth-order valence-corrected chi connectivity index (χ4v) is 6.92. The van der Waals surface area contributed by atoms with Gasteiger partial charge in [0.2, 0.25) is 5.91 Å². The molecule has 2 spiro atoms. The predicted octanol–water partition coefficient (Wildman–Crippen LogP) is 2.64. The van der Waals surface area contributed by atoms with E-state index >= 15 is 0 Å². The van der Waals surface area contributed by atoms with Gasteiger partial charge in [-0.3, -0.25) is 14.7 Å². The van der Waals surface area contributed by atoms with Gasteiger partial charge in [-0.25, -0.2) is 0 Å². The first-order valence-corrected chi connectivity index (χ1v) is 12.3. The van der Waals surface area contributed by atoms with Crippen molar-refractivity contribution in [2.45, 2.75) is 45.6 Å². The lowest BCUT2D eigenvalue weighted by molar-refractivity contribution is -0.142. The van der Waals surface area contributed by atoms with Crippen molar-refractivity contribution < 1.29 is 9.53 Å². The first kappa shape index (κ1) is 21.4. The third kappa shape index (κ3) is 3.91. The van der Waals surface area contributed by atoms with Crippen molar-refractivity contribution in [1.29, 1.82) is 0 Å². The highest BCUT2D eigenvalue weighted by atomic mass is 16.5. The number of piperidine rings is 1. The molecule has 0 N–H and O–H groups in total. The number of ether oxygens (including phenoxy) is 1. The number of fused-ring (bicyclic) bond motifs is 1. The van der Waals surface area contributed by atoms with Crippen LogP contribution < -0.4 is 0 Å². The Labute approximate surface area is 186 Å². The zero-order chi connectivity index (χ0) is 21.3. The number of nitrogens with zero attached hydrogens (tertiary/aromatic N) is 4. The molecule has 1 amide bonds. The second kappa shape index (κ2) is 8.80. The molecule has 1 aromatic heterocycles. The summed E-state index contributed by atoms with van der Waals surface area (Å²) in [6.45, 7) is 12.1. The third-order valence-corrected chi connectivity index (χ3v) is 8.72. The fraction of sp³-hybridized carbons (Fsp3) is 0.760. The molecule has 0 aliphatic carbocycles. The van der Waals surface area contributed by atoms with E-state index in [9.17, 15) is 4.79 Å². The van der Waals surface area contributed by atoms with Crippen LogP contribution in [0.3, 0.4) is 0 Å². The van der Waals surface area contributed by atoms with Gasteiger partial charge in [0.05, 0.1) is 5.41 Å². The highest BCUT2D eigenvalue weighted by Gasteiger charge is 2.64. The lowest BCUT2D eigenvalue weighted by Gasteiger charge is -2.47. The van der Waals surface area contributed by atoms with Crippen LogP contribution in [0.2, 0.25) is 0 Å². The highest BCUT2D eigenvalue weighted by molar-refractivity contribution is 5.86. The normalized spacial score (nSPS) is 30.1. The number of carbonyl (C=O) groups is 1. The third-order valence-electron chi connectivity index (χ3n) is 8.72. The maximum Gasteiger partial charge on any atom is 0.230 e. The Morgan fingerprint density at radius 1 is 1.10 bits per heavy atom. The smallest absolute Gasteiger partial charge is 0.230 e. The summed E-state index contributed by atoms with van der Waals surface area (Å²) in [5, 5.41) is 0. The first-order chi connectivity index (χ1) is 15.1. The predicted molar refractivity (Wildman–Crippen MR) is 120 cm³/mol. The van der Waals surface area contributed by atoms with E-state index in [0.717, 1.165) is 84.2 Å². The van der Waals surface area contributed by atoms with Gasteiger partial charge in [-0.05, 0) is 69.7 Å². The van der Waals surface area contributed by atoms with Crippen molar-refractivity contribution >= 4 is 5.91 Å². The lowest BCUT2D eigenvalue weighted by Crippen LogP contribution is -2.53. The average molecular weight is 427 g/mol. The van der Waals surface area contributed by atoms with Crippen molar-refractivity contribution in [2.24, 2.45) is 16.7 Å². The van der Waals surface area contributed by atoms with Gasteiger partial charge in [-0.15, -0.1) is 0 Å². The van der Waals surface area contributed by atoms with E-state index in [0.29, 0.717) is 5.91 Å². The maximum atomic E-state index is 13.7. The van der Waals surface area contributed by atoms with Crippen molar-refractivity contribution in [3.63, 3.8) is 0 Å². The molecular formula is C25H38N4O2. The summed E-state index contributed by atoms with van der Waals surface area (Å²) in [5.74, 6) is 1.22. The van der Waals surface area contributed by atoms with Gasteiger partial charge in [0.15, 0.2) is 0 Å². The molecule has 0 unspecified atom stereocenters. The molecule has 170 valence electrons. The number of rotatable bonds is 5. The number of aromatic nitrogens is 1. The van der Waals surface area contributed by atoms with Crippen LogP contribution in [0.15, 0.2) is 24.5 Å². The fourth-order valence-electron chi connectivity index (χ4n) is 6.92. The second-order valence-corrected chi connectivity index (χ2v) is 10.4. The van der Waals surface area contributed by atoms with Crippen LogP contribution in [-0.4, -0.2) is 84.6 Å². The van der Waals surface area contributed by atoms with Crippen molar-refractivity contribution in [1.82, 2.24) is 19.7 Å². The standard InChI is InChI=1S/C25H38N4O2/c1-2-29-13-9-25(23(29)30)20-28(18-22-4-3-10-26-16-22)19-24(25)7-11-27(12-8-24)17-21-5-14-31-15-6-21/h3-4,10,16,21H,2,5-9,11-15,17-20H2,1H3/t25-/m1/s1. The number of likely N-dealkylation sites (tertiary alicyclic amines) is 3. The molecule has 1 atom stereocenters. The Balaban J connectivity index is 1.32. The number of hydrogen-bond acceptors (Lipinski definition) is 5. The van der Waals surface area contributed by atoms with Crippen LogP contribution in [0.5, 0.6) is 0 Å². The second-order valence-electron chi connectivity index (χ2n) is 10.4. The number of carbonyl (C=O) groups excluding carboxylic acids is 1. The van der Waals surface area contributed by atoms with E-state index in [4.69, 9.17) is 4.74 Å². The monoisotopic (exact) mass is 426 g/mol. The van der Waals surface area contributed by atoms with Crippen LogP contribution in [-0.2, 0) is 16.1 Å². The van der Waals surface area contributed by atoms with Gasteiger partial charge >= 0.3 is 0 Å². The summed E-state index contributed by atoms with van der Waals surface area (Å²) in [6, 6.07) is 4.18. The minimum absolute atomic E-state index is 0.127. The number of pyridine rings is 1. The molecule has 5 rings (SSSR count). The lowest BCUT2D eigenvalue weighted by atomic mass is 9.60. The van der Waals surface area contributed by atoms with E-state index in [1.165, 1.54) is 24.9 Å². The molecule has 4 fully saturated rings.